The van der Waals surface area contributed by atoms with Crippen molar-refractivity contribution in [3.8, 4) is 0 Å². The first-order valence-electron chi connectivity index (χ1n) is 7.69. The van der Waals surface area contributed by atoms with Crippen LogP contribution in [-0.2, 0) is 6.42 Å². The summed E-state index contributed by atoms with van der Waals surface area (Å²) < 4.78 is 12.9. The normalized spacial score (nSPS) is 25.2. The van der Waals surface area contributed by atoms with Gasteiger partial charge in [0, 0.05) is 12.1 Å². The van der Waals surface area contributed by atoms with E-state index in [9.17, 15) is 4.39 Å². The molecular weight excluding hydrogens is 237 g/mol. The monoisotopic (exact) mass is 263 g/mol. The average Bonchev–Trinajstić information content (AvgIpc) is 2.42. The van der Waals surface area contributed by atoms with E-state index in [1.54, 1.807) is 12.1 Å². The fourth-order valence-electron chi connectivity index (χ4n) is 3.31. The van der Waals surface area contributed by atoms with Crippen LogP contribution in [0.1, 0.15) is 51.5 Å². The summed E-state index contributed by atoms with van der Waals surface area (Å²) in [5.41, 5.74) is 1.21. The van der Waals surface area contributed by atoms with Gasteiger partial charge < -0.3 is 5.32 Å². The summed E-state index contributed by atoms with van der Waals surface area (Å²) in [6.45, 7) is 4.54. The molecule has 2 heteroatoms. The first kappa shape index (κ1) is 14.5. The van der Waals surface area contributed by atoms with Crippen LogP contribution in [0.25, 0.3) is 0 Å². The van der Waals surface area contributed by atoms with Crippen LogP contribution in [0.15, 0.2) is 24.3 Å². The van der Waals surface area contributed by atoms with E-state index in [-0.39, 0.29) is 5.82 Å². The van der Waals surface area contributed by atoms with E-state index >= 15 is 0 Å². The topological polar surface area (TPSA) is 12.0 Å². The molecule has 1 saturated carbocycles. The zero-order valence-corrected chi connectivity index (χ0v) is 12.2. The predicted molar refractivity (Wildman–Crippen MR) is 78.7 cm³/mol. The van der Waals surface area contributed by atoms with E-state index < -0.39 is 0 Å². The molecule has 0 aliphatic heterocycles. The van der Waals surface area contributed by atoms with E-state index in [0.29, 0.717) is 12.1 Å². The zero-order chi connectivity index (χ0) is 13.7. The van der Waals surface area contributed by atoms with Gasteiger partial charge in [-0.25, -0.2) is 4.39 Å². The molecule has 1 aromatic carbocycles. The quantitative estimate of drug-likeness (QED) is 0.834. The summed E-state index contributed by atoms with van der Waals surface area (Å²) in [7, 11) is 0. The summed E-state index contributed by atoms with van der Waals surface area (Å²) >= 11 is 0. The molecule has 1 nitrogen and oxygen atoms in total. The lowest BCUT2D eigenvalue weighted by Gasteiger charge is -2.34. The highest BCUT2D eigenvalue weighted by Crippen LogP contribution is 2.27. The minimum absolute atomic E-state index is 0.150. The van der Waals surface area contributed by atoms with Gasteiger partial charge in [-0.15, -0.1) is 0 Å². The SMILES string of the molecule is CCC1CCCCC1NC(C)Cc1ccc(F)cc1. The Morgan fingerprint density at radius 3 is 2.58 bits per heavy atom. The first-order chi connectivity index (χ1) is 9.19. The number of hydrogen-bond donors (Lipinski definition) is 1. The van der Waals surface area contributed by atoms with Crippen LogP contribution in [0.3, 0.4) is 0 Å². The Labute approximate surface area is 116 Å². The number of rotatable bonds is 5. The molecule has 0 spiro atoms. The van der Waals surface area contributed by atoms with Crippen molar-refractivity contribution in [2.24, 2.45) is 5.92 Å². The highest BCUT2D eigenvalue weighted by Gasteiger charge is 2.24. The van der Waals surface area contributed by atoms with E-state index in [2.05, 4.69) is 19.2 Å². The molecule has 0 aromatic heterocycles. The van der Waals surface area contributed by atoms with Crippen molar-refractivity contribution in [3.63, 3.8) is 0 Å². The summed E-state index contributed by atoms with van der Waals surface area (Å²) in [5, 5.41) is 3.79. The van der Waals surface area contributed by atoms with Crippen LogP contribution in [-0.4, -0.2) is 12.1 Å². The molecule has 3 atom stereocenters. The van der Waals surface area contributed by atoms with Gasteiger partial charge in [0.1, 0.15) is 5.82 Å². The maximum atomic E-state index is 12.9. The second kappa shape index (κ2) is 7.04. The summed E-state index contributed by atoms with van der Waals surface area (Å²) in [5.74, 6) is 0.687. The maximum absolute atomic E-state index is 12.9. The van der Waals surface area contributed by atoms with Crippen LogP contribution < -0.4 is 5.32 Å². The maximum Gasteiger partial charge on any atom is 0.123 e. The van der Waals surface area contributed by atoms with Gasteiger partial charge >= 0.3 is 0 Å². The van der Waals surface area contributed by atoms with Crippen molar-refractivity contribution in [3.05, 3.63) is 35.6 Å². The Bertz CT molecular complexity index is 373. The van der Waals surface area contributed by atoms with Crippen molar-refractivity contribution in [2.75, 3.05) is 0 Å². The lowest BCUT2D eigenvalue weighted by atomic mass is 9.82. The van der Waals surface area contributed by atoms with Crippen LogP contribution >= 0.6 is 0 Å². The van der Waals surface area contributed by atoms with Crippen molar-refractivity contribution in [1.82, 2.24) is 5.32 Å². The van der Waals surface area contributed by atoms with E-state index in [1.165, 1.54) is 37.7 Å². The highest BCUT2D eigenvalue weighted by molar-refractivity contribution is 5.17. The number of nitrogens with one attached hydrogen (secondary N) is 1. The molecule has 19 heavy (non-hydrogen) atoms. The largest absolute Gasteiger partial charge is 0.311 e. The Morgan fingerprint density at radius 2 is 1.89 bits per heavy atom. The first-order valence-corrected chi connectivity index (χ1v) is 7.69. The van der Waals surface area contributed by atoms with Crippen molar-refractivity contribution in [1.29, 1.82) is 0 Å². The molecule has 1 aromatic rings. The lowest BCUT2D eigenvalue weighted by molar-refractivity contribution is 0.239. The van der Waals surface area contributed by atoms with Crippen molar-refractivity contribution in [2.45, 2.75) is 64.5 Å². The Balaban J connectivity index is 1.86. The van der Waals surface area contributed by atoms with Crippen molar-refractivity contribution < 1.29 is 4.39 Å². The summed E-state index contributed by atoms with van der Waals surface area (Å²) in [4.78, 5) is 0. The molecular formula is C17H26FN. The van der Waals surface area contributed by atoms with Crippen LogP contribution in [0.4, 0.5) is 4.39 Å². The predicted octanol–water partition coefficient (Wildman–Crippen LogP) is 4.32. The number of halogens is 1. The molecule has 0 saturated heterocycles. The fraction of sp³-hybridized carbons (Fsp3) is 0.647. The molecule has 106 valence electrons. The lowest BCUT2D eigenvalue weighted by Crippen LogP contribution is -2.43. The Kier molecular flexibility index (Phi) is 5.38. The van der Waals surface area contributed by atoms with Gasteiger partial charge in [-0.2, -0.15) is 0 Å². The van der Waals surface area contributed by atoms with Gasteiger partial charge in [0.2, 0.25) is 0 Å². The molecule has 0 radical (unpaired) electrons. The van der Waals surface area contributed by atoms with E-state index in [0.717, 1.165) is 12.3 Å². The molecule has 1 fully saturated rings. The Hall–Kier alpha value is -0.890. The second-order valence-corrected chi connectivity index (χ2v) is 5.96. The van der Waals surface area contributed by atoms with Crippen LogP contribution in [0, 0.1) is 11.7 Å². The average molecular weight is 263 g/mol. The minimum Gasteiger partial charge on any atom is -0.311 e. The van der Waals surface area contributed by atoms with Crippen LogP contribution in [0.5, 0.6) is 0 Å². The Morgan fingerprint density at radius 1 is 1.21 bits per heavy atom. The highest BCUT2D eigenvalue weighted by atomic mass is 19.1. The second-order valence-electron chi connectivity index (χ2n) is 5.96. The van der Waals surface area contributed by atoms with Gasteiger partial charge in [-0.05, 0) is 49.8 Å². The van der Waals surface area contributed by atoms with Gasteiger partial charge in [0.05, 0.1) is 0 Å². The van der Waals surface area contributed by atoms with Gasteiger partial charge in [0.15, 0.2) is 0 Å². The minimum atomic E-state index is -0.150. The van der Waals surface area contributed by atoms with Crippen LogP contribution in [0.2, 0.25) is 0 Å². The molecule has 2 rings (SSSR count). The third-order valence-electron chi connectivity index (χ3n) is 4.39. The molecule has 1 N–H and O–H groups in total. The molecule has 0 amide bonds. The molecule has 0 heterocycles. The molecule has 0 bridgehead atoms. The van der Waals surface area contributed by atoms with Gasteiger partial charge in [-0.1, -0.05) is 38.3 Å². The van der Waals surface area contributed by atoms with Gasteiger partial charge in [0.25, 0.3) is 0 Å². The summed E-state index contributed by atoms with van der Waals surface area (Å²) in [6, 6.07) is 8.03. The third-order valence-corrected chi connectivity index (χ3v) is 4.39. The standard InChI is InChI=1S/C17H26FN/c1-3-15-6-4-5-7-17(15)19-13(2)12-14-8-10-16(18)11-9-14/h8-11,13,15,17,19H,3-7,12H2,1-2H3. The van der Waals surface area contributed by atoms with E-state index in [4.69, 9.17) is 0 Å². The number of hydrogen-bond acceptors (Lipinski definition) is 1. The van der Waals surface area contributed by atoms with Gasteiger partial charge in [-0.3, -0.25) is 0 Å². The number of benzene rings is 1. The molecule has 1 aliphatic rings. The van der Waals surface area contributed by atoms with E-state index in [1.807, 2.05) is 12.1 Å². The molecule has 3 unspecified atom stereocenters. The fourth-order valence-corrected chi connectivity index (χ4v) is 3.31. The smallest absolute Gasteiger partial charge is 0.123 e. The zero-order valence-electron chi connectivity index (χ0n) is 12.2. The third kappa shape index (κ3) is 4.31. The summed E-state index contributed by atoms with van der Waals surface area (Å²) in [6.07, 6.45) is 7.69. The van der Waals surface area contributed by atoms with Crippen molar-refractivity contribution >= 4 is 0 Å². The molecule has 1 aliphatic carbocycles.